The first kappa shape index (κ1) is 21.0. The summed E-state index contributed by atoms with van der Waals surface area (Å²) >= 11 is 7.39. The SMILES string of the molecule is COc1ccccc1NC(=O)c1c(Nc2ccccc2Cl)sc(C(=O)NC2CC2)c1N. The number of nitrogen functional groups attached to an aromatic ring is 1. The number of carbonyl (C=O) groups excluding carboxylic acids is 2. The minimum Gasteiger partial charge on any atom is -0.495 e. The summed E-state index contributed by atoms with van der Waals surface area (Å²) in [6, 6.07) is 14.4. The standard InChI is InChI=1S/C22H21ClN4O3S/c1-30-16-9-5-4-8-15(16)26-20(28)17-18(24)19(21(29)25-12-10-11-12)31-22(17)27-14-7-3-2-6-13(14)23/h2-9,12,27H,10-11,24H2,1H3,(H,25,29)(H,26,28). The van der Waals surface area contributed by atoms with Crippen molar-refractivity contribution in [2.45, 2.75) is 18.9 Å². The molecule has 0 radical (unpaired) electrons. The van der Waals surface area contributed by atoms with E-state index in [1.54, 1.807) is 42.5 Å². The normalized spacial score (nSPS) is 12.8. The second-order valence-corrected chi connectivity index (χ2v) is 8.48. The van der Waals surface area contributed by atoms with Gasteiger partial charge in [0, 0.05) is 6.04 Å². The Morgan fingerprint density at radius 1 is 1.06 bits per heavy atom. The molecule has 2 amide bonds. The van der Waals surface area contributed by atoms with Crippen molar-refractivity contribution in [1.82, 2.24) is 5.32 Å². The molecular formula is C22H21ClN4O3S. The van der Waals surface area contributed by atoms with Crippen molar-refractivity contribution in [3.8, 4) is 5.75 Å². The van der Waals surface area contributed by atoms with Gasteiger partial charge in [-0.15, -0.1) is 11.3 Å². The molecule has 0 aliphatic heterocycles. The highest BCUT2D eigenvalue weighted by Crippen LogP contribution is 2.40. The molecule has 0 saturated heterocycles. The zero-order valence-electron chi connectivity index (χ0n) is 16.7. The highest BCUT2D eigenvalue weighted by Gasteiger charge is 2.30. The van der Waals surface area contributed by atoms with Crippen LogP contribution in [0.15, 0.2) is 48.5 Å². The molecular weight excluding hydrogens is 436 g/mol. The second-order valence-electron chi connectivity index (χ2n) is 7.06. The predicted octanol–water partition coefficient (Wildman–Crippen LogP) is 4.88. The largest absolute Gasteiger partial charge is 0.495 e. The Morgan fingerprint density at radius 2 is 1.74 bits per heavy atom. The number of thiophene rings is 1. The first-order valence-corrected chi connectivity index (χ1v) is 10.9. The van der Waals surface area contributed by atoms with E-state index < -0.39 is 5.91 Å². The maximum Gasteiger partial charge on any atom is 0.263 e. The van der Waals surface area contributed by atoms with Crippen LogP contribution in [-0.4, -0.2) is 25.0 Å². The van der Waals surface area contributed by atoms with Gasteiger partial charge in [-0.2, -0.15) is 0 Å². The summed E-state index contributed by atoms with van der Waals surface area (Å²) < 4.78 is 5.31. The summed E-state index contributed by atoms with van der Waals surface area (Å²) in [5, 5.41) is 9.81. The third-order valence-electron chi connectivity index (χ3n) is 4.77. The lowest BCUT2D eigenvalue weighted by Crippen LogP contribution is -2.25. The van der Waals surface area contributed by atoms with Gasteiger partial charge in [-0.3, -0.25) is 9.59 Å². The van der Waals surface area contributed by atoms with Crippen molar-refractivity contribution in [2.75, 3.05) is 23.5 Å². The fourth-order valence-electron chi connectivity index (χ4n) is 3.02. The van der Waals surface area contributed by atoms with Crippen LogP contribution < -0.4 is 26.4 Å². The molecule has 3 aromatic rings. The van der Waals surface area contributed by atoms with Gasteiger partial charge in [-0.1, -0.05) is 35.9 Å². The minimum absolute atomic E-state index is 0.116. The van der Waals surface area contributed by atoms with Gasteiger partial charge in [0.1, 0.15) is 15.6 Å². The van der Waals surface area contributed by atoms with Crippen LogP contribution in [0.4, 0.5) is 22.1 Å². The summed E-state index contributed by atoms with van der Waals surface area (Å²) in [7, 11) is 1.52. The van der Waals surface area contributed by atoms with Crippen LogP contribution in [0, 0.1) is 0 Å². The third-order valence-corrected chi connectivity index (χ3v) is 6.22. The smallest absolute Gasteiger partial charge is 0.263 e. The monoisotopic (exact) mass is 456 g/mol. The van der Waals surface area contributed by atoms with Crippen LogP contribution >= 0.6 is 22.9 Å². The van der Waals surface area contributed by atoms with E-state index in [2.05, 4.69) is 16.0 Å². The van der Waals surface area contributed by atoms with Gasteiger partial charge in [0.15, 0.2) is 0 Å². The van der Waals surface area contributed by atoms with E-state index in [4.69, 9.17) is 22.1 Å². The Balaban J connectivity index is 1.71. The molecule has 1 aliphatic carbocycles. The number of carbonyl (C=O) groups is 2. The van der Waals surface area contributed by atoms with Crippen molar-refractivity contribution < 1.29 is 14.3 Å². The summed E-state index contributed by atoms with van der Waals surface area (Å²) in [5.74, 6) is -0.237. The Morgan fingerprint density at radius 3 is 2.42 bits per heavy atom. The number of para-hydroxylation sites is 3. The maximum absolute atomic E-state index is 13.2. The van der Waals surface area contributed by atoms with Crippen molar-refractivity contribution in [2.24, 2.45) is 0 Å². The Labute approximate surface area is 188 Å². The van der Waals surface area contributed by atoms with Crippen LogP contribution in [0.3, 0.4) is 0 Å². The number of methoxy groups -OCH3 is 1. The third kappa shape index (κ3) is 4.60. The van der Waals surface area contributed by atoms with Crippen LogP contribution in [0.2, 0.25) is 5.02 Å². The number of hydrogen-bond donors (Lipinski definition) is 4. The van der Waals surface area contributed by atoms with E-state index in [9.17, 15) is 9.59 Å². The average molecular weight is 457 g/mol. The van der Waals surface area contributed by atoms with Crippen LogP contribution in [0.5, 0.6) is 5.75 Å². The number of amides is 2. The lowest BCUT2D eigenvalue weighted by molar-refractivity contribution is 0.0955. The van der Waals surface area contributed by atoms with E-state index in [-0.39, 0.29) is 28.1 Å². The van der Waals surface area contributed by atoms with Crippen LogP contribution in [0.1, 0.15) is 32.9 Å². The Bertz CT molecular complexity index is 1140. The van der Waals surface area contributed by atoms with E-state index in [0.29, 0.717) is 27.1 Å². The van der Waals surface area contributed by atoms with Crippen molar-refractivity contribution in [3.63, 3.8) is 0 Å². The second kappa shape index (κ2) is 8.87. The van der Waals surface area contributed by atoms with Gasteiger partial charge in [0.25, 0.3) is 11.8 Å². The number of rotatable bonds is 7. The topological polar surface area (TPSA) is 105 Å². The van der Waals surface area contributed by atoms with Gasteiger partial charge < -0.3 is 26.4 Å². The lowest BCUT2D eigenvalue weighted by atomic mass is 10.2. The highest BCUT2D eigenvalue weighted by molar-refractivity contribution is 7.19. The molecule has 7 nitrogen and oxygen atoms in total. The van der Waals surface area contributed by atoms with Gasteiger partial charge in [0.05, 0.1) is 34.8 Å². The molecule has 0 bridgehead atoms. The Hall–Kier alpha value is -3.23. The van der Waals surface area contributed by atoms with Gasteiger partial charge >= 0.3 is 0 Å². The summed E-state index contributed by atoms with van der Waals surface area (Å²) in [4.78, 5) is 26.2. The highest BCUT2D eigenvalue weighted by atomic mass is 35.5. The molecule has 1 saturated carbocycles. The molecule has 1 aliphatic rings. The molecule has 0 unspecified atom stereocenters. The number of anilines is 4. The molecule has 0 atom stereocenters. The predicted molar refractivity (Wildman–Crippen MR) is 125 cm³/mol. The molecule has 0 spiro atoms. The molecule has 160 valence electrons. The zero-order valence-corrected chi connectivity index (χ0v) is 18.3. The number of benzene rings is 2. The summed E-state index contributed by atoms with van der Waals surface area (Å²) in [5.41, 5.74) is 7.69. The summed E-state index contributed by atoms with van der Waals surface area (Å²) in [6.45, 7) is 0. The molecule has 31 heavy (non-hydrogen) atoms. The molecule has 1 heterocycles. The van der Waals surface area contributed by atoms with Crippen LogP contribution in [0.25, 0.3) is 0 Å². The molecule has 2 aromatic carbocycles. The molecule has 9 heteroatoms. The average Bonchev–Trinajstić information content (AvgIpc) is 3.51. The van der Waals surface area contributed by atoms with Gasteiger partial charge in [0.2, 0.25) is 0 Å². The first-order chi connectivity index (χ1) is 15.0. The van der Waals surface area contributed by atoms with Crippen molar-refractivity contribution in [3.05, 3.63) is 64.0 Å². The number of ether oxygens (including phenoxy) is 1. The van der Waals surface area contributed by atoms with E-state index >= 15 is 0 Å². The van der Waals surface area contributed by atoms with Crippen molar-refractivity contribution in [1.29, 1.82) is 0 Å². The van der Waals surface area contributed by atoms with Gasteiger partial charge in [-0.25, -0.2) is 0 Å². The first-order valence-electron chi connectivity index (χ1n) is 9.67. The van der Waals surface area contributed by atoms with E-state index in [1.807, 2.05) is 6.07 Å². The number of nitrogens with two attached hydrogens (primary N) is 1. The minimum atomic E-state index is -0.460. The number of halogens is 1. The fraction of sp³-hybridized carbons (Fsp3) is 0.182. The number of nitrogens with one attached hydrogen (secondary N) is 3. The van der Waals surface area contributed by atoms with E-state index in [0.717, 1.165) is 24.2 Å². The Kier molecular flexibility index (Phi) is 6.01. The van der Waals surface area contributed by atoms with Crippen LogP contribution in [-0.2, 0) is 0 Å². The summed E-state index contributed by atoms with van der Waals surface area (Å²) in [6.07, 6.45) is 1.89. The molecule has 1 fully saturated rings. The quantitative estimate of drug-likeness (QED) is 0.405. The van der Waals surface area contributed by atoms with E-state index in [1.165, 1.54) is 7.11 Å². The fourth-order valence-corrected chi connectivity index (χ4v) is 4.24. The number of hydrogen-bond acceptors (Lipinski definition) is 6. The zero-order chi connectivity index (χ0) is 22.0. The molecule has 4 rings (SSSR count). The molecule has 1 aromatic heterocycles. The lowest BCUT2D eigenvalue weighted by Gasteiger charge is -2.12. The molecule has 5 N–H and O–H groups in total. The van der Waals surface area contributed by atoms with Crippen molar-refractivity contribution >= 4 is 56.8 Å². The van der Waals surface area contributed by atoms with Gasteiger partial charge in [-0.05, 0) is 37.1 Å². The maximum atomic E-state index is 13.2.